The Labute approximate surface area is 278 Å². The van der Waals surface area contributed by atoms with Crippen LogP contribution in [-0.2, 0) is 0 Å². The lowest BCUT2D eigenvalue weighted by atomic mass is 10.0. The zero-order valence-corrected chi connectivity index (χ0v) is 26.1. The number of nitrogens with zero attached hydrogens (tertiary/aromatic N) is 4. The maximum Gasteiger partial charge on any atom is 0.116 e. The molecular weight excluding hydrogens is 585 g/mol. The first-order valence-electron chi connectivity index (χ1n) is 16.2. The predicted molar refractivity (Wildman–Crippen MR) is 201 cm³/mol. The van der Waals surface area contributed by atoms with Gasteiger partial charge in [-0.2, -0.15) is 0 Å². The number of benzene rings is 8. The van der Waals surface area contributed by atoms with Gasteiger partial charge in [0.25, 0.3) is 0 Å². The highest BCUT2D eigenvalue weighted by Gasteiger charge is 2.24. The van der Waals surface area contributed by atoms with E-state index >= 15 is 0 Å². The average molecular weight is 615 g/mol. The molecule has 0 fully saturated rings. The molecular formula is C44H30N4. The van der Waals surface area contributed by atoms with Crippen molar-refractivity contribution in [2.24, 2.45) is 0 Å². The maximum absolute atomic E-state index is 5.38. The Morgan fingerprint density at radius 3 is 1.52 bits per heavy atom. The Kier molecular flexibility index (Phi) is 6.76. The van der Waals surface area contributed by atoms with E-state index in [4.69, 9.17) is 9.97 Å². The molecule has 0 amide bonds. The van der Waals surface area contributed by atoms with Crippen LogP contribution in [0.4, 0.5) is 34.1 Å². The third kappa shape index (κ3) is 4.79. The van der Waals surface area contributed by atoms with E-state index in [1.54, 1.807) is 0 Å². The molecule has 0 aliphatic carbocycles. The van der Waals surface area contributed by atoms with E-state index < -0.39 is 0 Å². The minimum Gasteiger partial charge on any atom is -0.308 e. The van der Waals surface area contributed by atoms with E-state index in [0.717, 1.165) is 61.6 Å². The van der Waals surface area contributed by atoms with E-state index in [1.807, 2.05) is 24.3 Å². The fourth-order valence-corrected chi connectivity index (χ4v) is 6.74. The van der Waals surface area contributed by atoms with Crippen LogP contribution in [0.3, 0.4) is 0 Å². The van der Waals surface area contributed by atoms with E-state index in [2.05, 4.69) is 168 Å². The number of rotatable bonds is 6. The van der Waals surface area contributed by atoms with Gasteiger partial charge in [-0.15, -0.1) is 0 Å². The minimum absolute atomic E-state index is 0.823. The van der Waals surface area contributed by atoms with Crippen molar-refractivity contribution in [2.45, 2.75) is 0 Å². The van der Waals surface area contributed by atoms with Crippen LogP contribution in [0.2, 0.25) is 0 Å². The number of anilines is 6. The second-order valence-electron chi connectivity index (χ2n) is 11.9. The van der Waals surface area contributed by atoms with Crippen molar-refractivity contribution < 1.29 is 0 Å². The van der Waals surface area contributed by atoms with Crippen molar-refractivity contribution in [1.29, 1.82) is 0 Å². The van der Waals surface area contributed by atoms with Gasteiger partial charge in [0.1, 0.15) is 11.0 Å². The van der Waals surface area contributed by atoms with Crippen LogP contribution in [0.25, 0.3) is 43.6 Å². The van der Waals surface area contributed by atoms with Gasteiger partial charge in [-0.1, -0.05) is 115 Å². The fourth-order valence-electron chi connectivity index (χ4n) is 6.74. The molecule has 8 aromatic carbocycles. The van der Waals surface area contributed by atoms with Gasteiger partial charge in [0.2, 0.25) is 0 Å². The Hall–Kier alpha value is -6.52. The van der Waals surface area contributed by atoms with Crippen LogP contribution < -0.4 is 9.80 Å². The first kappa shape index (κ1) is 27.8. The summed E-state index contributed by atoms with van der Waals surface area (Å²) in [5.74, 6) is 0. The molecule has 226 valence electrons. The first-order valence-corrected chi connectivity index (χ1v) is 16.2. The molecule has 0 unspecified atom stereocenters. The highest BCUT2D eigenvalue weighted by molar-refractivity contribution is 6.08. The Morgan fingerprint density at radius 2 is 0.833 bits per heavy atom. The van der Waals surface area contributed by atoms with Crippen LogP contribution in [-0.4, -0.2) is 9.97 Å². The van der Waals surface area contributed by atoms with Crippen molar-refractivity contribution >= 4 is 77.7 Å². The second kappa shape index (κ2) is 11.7. The lowest BCUT2D eigenvalue weighted by molar-refractivity contribution is 1.26. The summed E-state index contributed by atoms with van der Waals surface area (Å²) in [6.07, 6.45) is 0. The smallest absolute Gasteiger partial charge is 0.116 e. The van der Waals surface area contributed by atoms with Gasteiger partial charge in [0, 0.05) is 22.4 Å². The van der Waals surface area contributed by atoms with Crippen LogP contribution in [0.1, 0.15) is 0 Å². The molecule has 9 aromatic rings. The molecule has 0 atom stereocenters. The van der Waals surface area contributed by atoms with Gasteiger partial charge >= 0.3 is 0 Å². The monoisotopic (exact) mass is 614 g/mol. The van der Waals surface area contributed by atoms with Crippen molar-refractivity contribution in [3.63, 3.8) is 0 Å². The number of hydrogen-bond donors (Lipinski definition) is 0. The summed E-state index contributed by atoms with van der Waals surface area (Å²) in [6.45, 7) is 0. The maximum atomic E-state index is 5.38. The molecule has 0 spiro atoms. The summed E-state index contributed by atoms with van der Waals surface area (Å²) in [7, 11) is 0. The minimum atomic E-state index is 0.823. The molecule has 4 heteroatoms. The number of aromatic nitrogens is 2. The normalized spacial score (nSPS) is 11.3. The highest BCUT2D eigenvalue weighted by Crippen LogP contribution is 2.46. The van der Waals surface area contributed by atoms with E-state index in [9.17, 15) is 0 Å². The molecule has 0 saturated heterocycles. The molecule has 9 rings (SSSR count). The molecule has 0 saturated carbocycles. The predicted octanol–water partition coefficient (Wildman–Crippen LogP) is 12.0. The zero-order chi connectivity index (χ0) is 31.9. The molecule has 48 heavy (non-hydrogen) atoms. The number of para-hydroxylation sites is 4. The van der Waals surface area contributed by atoms with Crippen molar-refractivity contribution in [3.05, 3.63) is 182 Å². The number of fused-ring (bicyclic) bond motifs is 4. The summed E-state index contributed by atoms with van der Waals surface area (Å²) in [6, 6.07) is 63.7. The standard InChI is InChI=1S/C44H30N4/c1-3-18-34(19-4-1)47(36-27-26-31-14-7-8-16-33(31)30-36)41-28-29-42(44-43(41)45-38-23-11-12-24-39(38)46-44)48(35-20-5-2-6-21-35)40-25-13-17-32-15-9-10-22-37(32)40/h1-30H. The molecule has 4 nitrogen and oxygen atoms in total. The summed E-state index contributed by atoms with van der Waals surface area (Å²) in [5, 5.41) is 4.73. The molecule has 1 heterocycles. The molecule has 0 aliphatic heterocycles. The third-order valence-electron chi connectivity index (χ3n) is 8.96. The topological polar surface area (TPSA) is 32.3 Å². The third-order valence-corrected chi connectivity index (χ3v) is 8.96. The second-order valence-corrected chi connectivity index (χ2v) is 11.9. The Balaban J connectivity index is 1.36. The zero-order valence-electron chi connectivity index (χ0n) is 26.1. The average Bonchev–Trinajstić information content (AvgIpc) is 3.16. The molecule has 0 bridgehead atoms. The first-order chi connectivity index (χ1) is 23.8. The van der Waals surface area contributed by atoms with Crippen LogP contribution in [0.15, 0.2) is 182 Å². The largest absolute Gasteiger partial charge is 0.308 e. The van der Waals surface area contributed by atoms with Gasteiger partial charge in [-0.05, 0) is 82.9 Å². The lowest BCUT2D eigenvalue weighted by Gasteiger charge is -2.30. The van der Waals surface area contributed by atoms with Crippen LogP contribution >= 0.6 is 0 Å². The Morgan fingerprint density at radius 1 is 0.312 bits per heavy atom. The molecule has 0 aliphatic rings. The van der Waals surface area contributed by atoms with Crippen LogP contribution in [0.5, 0.6) is 0 Å². The fraction of sp³-hybridized carbons (Fsp3) is 0. The highest BCUT2D eigenvalue weighted by atomic mass is 15.2. The van der Waals surface area contributed by atoms with Crippen molar-refractivity contribution in [2.75, 3.05) is 9.80 Å². The van der Waals surface area contributed by atoms with Crippen LogP contribution in [0, 0.1) is 0 Å². The van der Waals surface area contributed by atoms with Gasteiger partial charge in [0.15, 0.2) is 0 Å². The molecule has 1 aromatic heterocycles. The van der Waals surface area contributed by atoms with Crippen molar-refractivity contribution in [3.8, 4) is 0 Å². The molecule has 0 radical (unpaired) electrons. The van der Waals surface area contributed by atoms with Gasteiger partial charge < -0.3 is 9.80 Å². The van der Waals surface area contributed by atoms with E-state index in [-0.39, 0.29) is 0 Å². The SMILES string of the molecule is c1ccc(N(c2ccc3ccccc3c2)c2ccc(N(c3ccccc3)c3cccc4ccccc34)c3nc4ccccc4nc23)cc1. The summed E-state index contributed by atoms with van der Waals surface area (Å²) < 4.78 is 0. The van der Waals surface area contributed by atoms with Gasteiger partial charge in [-0.25, -0.2) is 9.97 Å². The summed E-state index contributed by atoms with van der Waals surface area (Å²) in [4.78, 5) is 15.4. The number of hydrogen-bond acceptors (Lipinski definition) is 4. The van der Waals surface area contributed by atoms with Crippen molar-refractivity contribution in [1.82, 2.24) is 9.97 Å². The van der Waals surface area contributed by atoms with E-state index in [1.165, 1.54) is 16.2 Å². The summed E-state index contributed by atoms with van der Waals surface area (Å²) in [5.41, 5.74) is 9.50. The summed E-state index contributed by atoms with van der Waals surface area (Å²) >= 11 is 0. The van der Waals surface area contributed by atoms with Gasteiger partial charge in [0.05, 0.1) is 28.1 Å². The van der Waals surface area contributed by atoms with E-state index in [0.29, 0.717) is 0 Å². The quantitative estimate of drug-likeness (QED) is 0.174. The van der Waals surface area contributed by atoms with Gasteiger partial charge in [-0.3, -0.25) is 0 Å². The lowest BCUT2D eigenvalue weighted by Crippen LogP contribution is -2.14. The Bertz CT molecular complexity index is 2580. The molecule has 0 N–H and O–H groups in total.